The molecule has 124 valence electrons. The molecule has 0 aromatic heterocycles. The fourth-order valence-electron chi connectivity index (χ4n) is 2.32. The maximum absolute atomic E-state index is 12.7. The molecule has 1 saturated heterocycles. The van der Waals surface area contributed by atoms with Gasteiger partial charge in [-0.1, -0.05) is 0 Å². The summed E-state index contributed by atoms with van der Waals surface area (Å²) in [5, 5.41) is 17.7. The molecule has 0 bridgehead atoms. The van der Waals surface area contributed by atoms with Crippen LogP contribution in [0.25, 0.3) is 0 Å². The summed E-state index contributed by atoms with van der Waals surface area (Å²) in [6.07, 6.45) is -4.64. The van der Waals surface area contributed by atoms with Crippen molar-refractivity contribution in [1.82, 2.24) is 4.31 Å². The average Bonchev–Trinajstić information content (AvgIpc) is 2.96. The first-order chi connectivity index (χ1) is 10.6. The maximum Gasteiger partial charge on any atom is 0.417 e. The van der Waals surface area contributed by atoms with Crippen LogP contribution in [0.1, 0.15) is 17.5 Å². The third-order valence-corrected chi connectivity index (χ3v) is 5.42. The smallest absolute Gasteiger partial charge is 0.417 e. The Morgan fingerprint density at radius 2 is 2.04 bits per heavy atom. The summed E-state index contributed by atoms with van der Waals surface area (Å²) in [6.45, 7) is -0.289. The van der Waals surface area contributed by atoms with Gasteiger partial charge in [0, 0.05) is 13.1 Å². The summed E-state index contributed by atoms with van der Waals surface area (Å²) in [5.74, 6) is -1.98. The number of rotatable bonds is 3. The molecule has 23 heavy (non-hydrogen) atoms. The summed E-state index contributed by atoms with van der Waals surface area (Å²) >= 11 is 0. The Bertz CT molecular complexity index is 783. The van der Waals surface area contributed by atoms with Crippen LogP contribution in [-0.4, -0.2) is 36.9 Å². The standard InChI is InChI=1S/C13H11F3N2O4S/c14-13(15,16)11-2-1-10(5-9(11)6-17)23(21,22)18-4-3-8(7-18)12(19)20/h1-2,5,8H,3-4,7H2,(H,19,20). The number of carboxylic acids is 1. The van der Waals surface area contributed by atoms with E-state index in [2.05, 4.69) is 0 Å². The van der Waals surface area contributed by atoms with E-state index in [1.807, 2.05) is 0 Å². The van der Waals surface area contributed by atoms with Gasteiger partial charge in [0.15, 0.2) is 0 Å². The summed E-state index contributed by atoms with van der Waals surface area (Å²) in [6, 6.07) is 3.30. The van der Waals surface area contributed by atoms with Crippen molar-refractivity contribution in [2.75, 3.05) is 13.1 Å². The van der Waals surface area contributed by atoms with Crippen LogP contribution < -0.4 is 0 Å². The van der Waals surface area contributed by atoms with Gasteiger partial charge in [0.25, 0.3) is 0 Å². The SMILES string of the molecule is N#Cc1cc(S(=O)(=O)N2CCC(C(=O)O)C2)ccc1C(F)(F)F. The highest BCUT2D eigenvalue weighted by Crippen LogP contribution is 2.34. The zero-order valence-electron chi connectivity index (χ0n) is 11.5. The van der Waals surface area contributed by atoms with Crippen LogP contribution in [0.3, 0.4) is 0 Å². The van der Waals surface area contributed by atoms with Gasteiger partial charge in [-0.05, 0) is 24.6 Å². The fraction of sp³-hybridized carbons (Fsp3) is 0.385. The third-order valence-electron chi connectivity index (χ3n) is 3.55. The predicted octanol–water partition coefficient (Wildman–Crippen LogP) is 1.67. The second kappa shape index (κ2) is 5.82. The van der Waals surface area contributed by atoms with Crippen molar-refractivity contribution in [2.24, 2.45) is 5.92 Å². The Balaban J connectivity index is 2.39. The van der Waals surface area contributed by atoms with Crippen molar-refractivity contribution < 1.29 is 31.5 Å². The Hall–Kier alpha value is -2.12. The molecule has 0 radical (unpaired) electrons. The van der Waals surface area contributed by atoms with Crippen molar-refractivity contribution >= 4 is 16.0 Å². The van der Waals surface area contributed by atoms with E-state index in [4.69, 9.17) is 10.4 Å². The largest absolute Gasteiger partial charge is 0.481 e. The van der Waals surface area contributed by atoms with Crippen molar-refractivity contribution in [2.45, 2.75) is 17.5 Å². The monoisotopic (exact) mass is 348 g/mol. The van der Waals surface area contributed by atoms with Gasteiger partial charge in [-0.2, -0.15) is 22.7 Å². The average molecular weight is 348 g/mol. The molecule has 1 aromatic rings. The molecule has 6 nitrogen and oxygen atoms in total. The number of alkyl halides is 3. The molecule has 1 aliphatic heterocycles. The zero-order chi connectivity index (χ0) is 17.4. The second-order valence-corrected chi connectivity index (χ2v) is 6.94. The van der Waals surface area contributed by atoms with E-state index in [-0.39, 0.29) is 19.5 Å². The number of hydrogen-bond acceptors (Lipinski definition) is 4. The Morgan fingerprint density at radius 1 is 1.39 bits per heavy atom. The summed E-state index contributed by atoms with van der Waals surface area (Å²) < 4.78 is 63.8. The molecule has 0 spiro atoms. The van der Waals surface area contributed by atoms with Gasteiger partial charge in [0.2, 0.25) is 10.0 Å². The number of carbonyl (C=O) groups is 1. The molecule has 0 amide bonds. The van der Waals surface area contributed by atoms with Crippen molar-refractivity contribution in [3.05, 3.63) is 29.3 Å². The molecule has 1 N–H and O–H groups in total. The molecule has 1 unspecified atom stereocenters. The summed E-state index contributed by atoms with van der Waals surface area (Å²) in [5.41, 5.74) is -2.02. The van der Waals surface area contributed by atoms with Gasteiger partial charge in [-0.25, -0.2) is 8.42 Å². The van der Waals surface area contributed by atoms with Crippen LogP contribution >= 0.6 is 0 Å². The Morgan fingerprint density at radius 3 is 2.52 bits per heavy atom. The lowest BCUT2D eigenvalue weighted by Crippen LogP contribution is -2.30. The predicted molar refractivity (Wildman–Crippen MR) is 70.7 cm³/mol. The molecule has 2 rings (SSSR count). The van der Waals surface area contributed by atoms with Crippen LogP contribution in [-0.2, 0) is 21.0 Å². The van der Waals surface area contributed by atoms with E-state index in [1.54, 1.807) is 0 Å². The van der Waals surface area contributed by atoms with E-state index in [0.29, 0.717) is 12.1 Å². The lowest BCUT2D eigenvalue weighted by atomic mass is 10.1. The molecule has 1 aromatic carbocycles. The first-order valence-electron chi connectivity index (χ1n) is 6.41. The molecule has 0 aliphatic carbocycles. The van der Waals surface area contributed by atoms with Gasteiger partial charge in [-0.15, -0.1) is 0 Å². The first kappa shape index (κ1) is 17.2. The van der Waals surface area contributed by atoms with Crippen LogP contribution in [0.4, 0.5) is 13.2 Å². The number of carboxylic acid groups (broad SMARTS) is 1. The van der Waals surface area contributed by atoms with E-state index in [0.717, 1.165) is 10.4 Å². The normalized spacial score (nSPS) is 19.5. The minimum Gasteiger partial charge on any atom is -0.481 e. The van der Waals surface area contributed by atoms with Gasteiger partial charge in [0.05, 0.1) is 28.0 Å². The summed E-state index contributed by atoms with van der Waals surface area (Å²) in [4.78, 5) is 10.4. The molecular formula is C13H11F3N2O4S. The number of hydrogen-bond donors (Lipinski definition) is 1. The number of nitriles is 1. The van der Waals surface area contributed by atoms with E-state index >= 15 is 0 Å². The third kappa shape index (κ3) is 3.30. The molecule has 1 aliphatic rings. The number of aliphatic carboxylic acids is 1. The van der Waals surface area contributed by atoms with Gasteiger partial charge >= 0.3 is 12.1 Å². The van der Waals surface area contributed by atoms with E-state index < -0.39 is 44.1 Å². The van der Waals surface area contributed by atoms with Crippen LogP contribution in [0, 0.1) is 17.2 Å². The zero-order valence-corrected chi connectivity index (χ0v) is 12.4. The molecule has 10 heteroatoms. The quantitative estimate of drug-likeness (QED) is 0.896. The van der Waals surface area contributed by atoms with Gasteiger partial charge < -0.3 is 5.11 Å². The van der Waals surface area contributed by atoms with Crippen LogP contribution in [0.15, 0.2) is 23.1 Å². The number of halogens is 3. The van der Waals surface area contributed by atoms with Crippen LogP contribution in [0.5, 0.6) is 0 Å². The minimum absolute atomic E-state index is 0.0395. The van der Waals surface area contributed by atoms with E-state index in [1.165, 1.54) is 6.07 Å². The summed E-state index contributed by atoms with van der Waals surface area (Å²) in [7, 11) is -4.15. The highest BCUT2D eigenvalue weighted by molar-refractivity contribution is 7.89. The molecule has 1 atom stereocenters. The Kier molecular flexibility index (Phi) is 4.37. The van der Waals surface area contributed by atoms with Crippen molar-refractivity contribution in [3.8, 4) is 6.07 Å². The molecule has 1 fully saturated rings. The molecule has 0 saturated carbocycles. The topological polar surface area (TPSA) is 98.5 Å². The second-order valence-electron chi connectivity index (χ2n) is 5.00. The highest BCUT2D eigenvalue weighted by Gasteiger charge is 2.38. The van der Waals surface area contributed by atoms with Crippen molar-refractivity contribution in [1.29, 1.82) is 5.26 Å². The first-order valence-corrected chi connectivity index (χ1v) is 7.85. The van der Waals surface area contributed by atoms with E-state index in [9.17, 15) is 26.4 Å². The maximum atomic E-state index is 12.7. The molecule has 1 heterocycles. The fourth-order valence-corrected chi connectivity index (χ4v) is 3.85. The minimum atomic E-state index is -4.77. The number of nitrogens with zero attached hydrogens (tertiary/aromatic N) is 2. The molecular weight excluding hydrogens is 337 g/mol. The van der Waals surface area contributed by atoms with Crippen molar-refractivity contribution in [3.63, 3.8) is 0 Å². The highest BCUT2D eigenvalue weighted by atomic mass is 32.2. The van der Waals surface area contributed by atoms with Gasteiger partial charge in [-0.3, -0.25) is 4.79 Å². The lowest BCUT2D eigenvalue weighted by Gasteiger charge is -2.17. The number of benzene rings is 1. The Labute approximate surface area is 129 Å². The number of sulfonamides is 1. The van der Waals surface area contributed by atoms with Crippen LogP contribution in [0.2, 0.25) is 0 Å². The lowest BCUT2D eigenvalue weighted by molar-refractivity contribution is -0.141. The van der Waals surface area contributed by atoms with Gasteiger partial charge in [0.1, 0.15) is 0 Å².